The molecule has 170 valence electrons. The summed E-state index contributed by atoms with van der Waals surface area (Å²) in [6.45, 7) is 4.81. The number of aromatic nitrogens is 2. The van der Waals surface area contributed by atoms with Crippen LogP contribution >= 0.6 is 11.3 Å². The second kappa shape index (κ2) is 9.32. The van der Waals surface area contributed by atoms with Gasteiger partial charge in [-0.3, -0.25) is 4.79 Å². The van der Waals surface area contributed by atoms with E-state index >= 15 is 0 Å². The van der Waals surface area contributed by atoms with Gasteiger partial charge in [0.1, 0.15) is 16.5 Å². The first-order valence-electron chi connectivity index (χ1n) is 10.9. The van der Waals surface area contributed by atoms with Crippen LogP contribution in [0.1, 0.15) is 53.4 Å². The molecular formula is C24H29N3O4S. The summed E-state index contributed by atoms with van der Waals surface area (Å²) in [5, 5.41) is 13.9. The molecule has 0 aliphatic heterocycles. The average Bonchev–Trinajstić information content (AvgIpc) is 3.10. The second-order valence-corrected chi connectivity index (χ2v) is 9.53. The van der Waals surface area contributed by atoms with Crippen molar-refractivity contribution in [3.8, 4) is 11.5 Å². The predicted octanol–water partition coefficient (Wildman–Crippen LogP) is 5.30. The van der Waals surface area contributed by atoms with Gasteiger partial charge in [0.05, 0.1) is 25.5 Å². The van der Waals surface area contributed by atoms with Gasteiger partial charge >= 0.3 is 5.97 Å². The Kier molecular flexibility index (Phi) is 6.50. The van der Waals surface area contributed by atoms with Crippen molar-refractivity contribution in [3.05, 3.63) is 40.0 Å². The zero-order chi connectivity index (χ0) is 22.8. The Bertz CT molecular complexity index is 1140. The number of fused-ring (bicyclic) bond motifs is 1. The van der Waals surface area contributed by atoms with Crippen molar-refractivity contribution in [2.24, 2.45) is 5.92 Å². The largest absolute Gasteiger partial charge is 0.493 e. The zero-order valence-corrected chi connectivity index (χ0v) is 19.7. The van der Waals surface area contributed by atoms with Gasteiger partial charge < -0.3 is 19.9 Å². The highest BCUT2D eigenvalue weighted by Crippen LogP contribution is 2.39. The van der Waals surface area contributed by atoms with E-state index in [-0.39, 0.29) is 11.8 Å². The Hall–Kier alpha value is -2.87. The number of benzene rings is 1. The molecule has 8 heteroatoms. The van der Waals surface area contributed by atoms with Crippen LogP contribution in [0.3, 0.4) is 0 Å². The van der Waals surface area contributed by atoms with Crippen LogP contribution in [0, 0.1) is 19.8 Å². The molecule has 3 aromatic rings. The molecule has 2 heterocycles. The Morgan fingerprint density at radius 3 is 2.50 bits per heavy atom. The minimum absolute atomic E-state index is 0.194. The molecule has 0 bridgehead atoms. The molecule has 1 aromatic carbocycles. The van der Waals surface area contributed by atoms with Gasteiger partial charge in [-0.05, 0) is 62.8 Å². The molecule has 0 unspecified atom stereocenters. The fraction of sp³-hybridized carbons (Fsp3) is 0.458. The number of aryl methyl sites for hydroxylation is 2. The lowest BCUT2D eigenvalue weighted by Gasteiger charge is -2.25. The maximum atomic E-state index is 11.3. The first-order chi connectivity index (χ1) is 15.4. The number of nitrogens with one attached hydrogen (secondary N) is 1. The van der Waals surface area contributed by atoms with E-state index < -0.39 is 5.97 Å². The van der Waals surface area contributed by atoms with Gasteiger partial charge in [-0.15, -0.1) is 11.3 Å². The van der Waals surface area contributed by atoms with Crippen LogP contribution in [0.5, 0.6) is 11.5 Å². The van der Waals surface area contributed by atoms with Crippen molar-refractivity contribution in [2.45, 2.75) is 52.0 Å². The van der Waals surface area contributed by atoms with Crippen molar-refractivity contribution in [1.29, 1.82) is 0 Å². The minimum atomic E-state index is -0.693. The third-order valence-corrected chi connectivity index (χ3v) is 7.50. The van der Waals surface area contributed by atoms with Crippen LogP contribution in [0.25, 0.3) is 10.2 Å². The zero-order valence-electron chi connectivity index (χ0n) is 18.9. The van der Waals surface area contributed by atoms with Crippen LogP contribution in [0.4, 0.5) is 5.82 Å². The number of ether oxygens (including phenoxy) is 2. The Morgan fingerprint density at radius 1 is 1.12 bits per heavy atom. The number of nitrogens with zero attached hydrogens (tertiary/aromatic N) is 2. The molecule has 2 aromatic heterocycles. The third kappa shape index (κ3) is 4.37. The van der Waals surface area contributed by atoms with E-state index in [1.807, 2.05) is 18.2 Å². The number of carboxylic acid groups (broad SMARTS) is 1. The number of rotatable bonds is 7. The van der Waals surface area contributed by atoms with Gasteiger partial charge in [-0.1, -0.05) is 6.07 Å². The molecule has 0 atom stereocenters. The average molecular weight is 456 g/mol. The minimum Gasteiger partial charge on any atom is -0.493 e. The molecule has 1 aliphatic rings. The predicted molar refractivity (Wildman–Crippen MR) is 126 cm³/mol. The van der Waals surface area contributed by atoms with Gasteiger partial charge in [0.2, 0.25) is 0 Å². The molecule has 1 fully saturated rings. The van der Waals surface area contributed by atoms with E-state index in [1.165, 1.54) is 10.4 Å². The molecular weight excluding hydrogens is 426 g/mol. The van der Waals surface area contributed by atoms with Crippen molar-refractivity contribution >= 4 is 33.3 Å². The molecule has 0 amide bonds. The van der Waals surface area contributed by atoms with E-state index in [1.54, 1.807) is 25.6 Å². The smallest absolute Gasteiger partial charge is 0.306 e. The lowest BCUT2D eigenvalue weighted by atomic mass is 9.81. The molecule has 0 saturated heterocycles. The van der Waals surface area contributed by atoms with Gasteiger partial charge in [-0.25, -0.2) is 9.97 Å². The number of anilines is 1. The maximum absolute atomic E-state index is 11.3. The summed E-state index contributed by atoms with van der Waals surface area (Å²) >= 11 is 1.69. The van der Waals surface area contributed by atoms with E-state index in [0.717, 1.165) is 40.3 Å². The van der Waals surface area contributed by atoms with Crippen LogP contribution in [-0.4, -0.2) is 35.3 Å². The summed E-state index contributed by atoms with van der Waals surface area (Å²) in [4.78, 5) is 23.4. The topological polar surface area (TPSA) is 93.6 Å². The van der Waals surface area contributed by atoms with Crippen LogP contribution in [0.15, 0.2) is 18.2 Å². The van der Waals surface area contributed by atoms with E-state index in [2.05, 4.69) is 19.2 Å². The molecule has 0 radical (unpaired) electrons. The van der Waals surface area contributed by atoms with Crippen molar-refractivity contribution < 1.29 is 19.4 Å². The van der Waals surface area contributed by atoms with E-state index in [4.69, 9.17) is 19.4 Å². The number of thiophene rings is 1. The Labute approximate surface area is 191 Å². The first-order valence-corrected chi connectivity index (χ1v) is 11.7. The highest BCUT2D eigenvalue weighted by atomic mass is 32.1. The SMILES string of the molecule is COc1ccc(CNc2nc(C3CCC(C(=O)O)CC3)nc3sc(C)c(C)c23)cc1OC. The molecule has 1 saturated carbocycles. The molecule has 2 N–H and O–H groups in total. The van der Waals surface area contributed by atoms with Crippen molar-refractivity contribution in [3.63, 3.8) is 0 Å². The van der Waals surface area contributed by atoms with Gasteiger partial charge in [-0.2, -0.15) is 0 Å². The van der Waals surface area contributed by atoms with Crippen LogP contribution < -0.4 is 14.8 Å². The summed E-state index contributed by atoms with van der Waals surface area (Å²) in [7, 11) is 3.26. The summed E-state index contributed by atoms with van der Waals surface area (Å²) in [5.74, 6) is 2.30. The quantitative estimate of drug-likeness (QED) is 0.499. The second-order valence-electron chi connectivity index (χ2n) is 8.32. The lowest BCUT2D eigenvalue weighted by Crippen LogP contribution is -2.21. The first kappa shape index (κ1) is 22.3. The molecule has 32 heavy (non-hydrogen) atoms. The van der Waals surface area contributed by atoms with Crippen LogP contribution in [-0.2, 0) is 11.3 Å². The van der Waals surface area contributed by atoms with Gasteiger partial charge in [0.25, 0.3) is 0 Å². The Balaban J connectivity index is 1.62. The van der Waals surface area contributed by atoms with Crippen LogP contribution in [0.2, 0.25) is 0 Å². The monoisotopic (exact) mass is 455 g/mol. The summed E-state index contributed by atoms with van der Waals surface area (Å²) in [6.07, 6.45) is 2.97. The fourth-order valence-electron chi connectivity index (χ4n) is 4.35. The molecule has 7 nitrogen and oxygen atoms in total. The highest BCUT2D eigenvalue weighted by molar-refractivity contribution is 7.18. The van der Waals surface area contributed by atoms with Crippen molar-refractivity contribution in [1.82, 2.24) is 9.97 Å². The number of aliphatic carboxylic acids is 1. The van der Waals surface area contributed by atoms with E-state index in [0.29, 0.717) is 30.9 Å². The lowest BCUT2D eigenvalue weighted by molar-refractivity contribution is -0.142. The Morgan fingerprint density at radius 2 is 1.84 bits per heavy atom. The summed E-state index contributed by atoms with van der Waals surface area (Å²) in [6, 6.07) is 5.87. The van der Waals surface area contributed by atoms with E-state index in [9.17, 15) is 9.90 Å². The number of hydrogen-bond acceptors (Lipinski definition) is 7. The third-order valence-electron chi connectivity index (χ3n) is 6.40. The molecule has 0 spiro atoms. The molecule has 1 aliphatic carbocycles. The fourth-order valence-corrected chi connectivity index (χ4v) is 5.39. The maximum Gasteiger partial charge on any atom is 0.306 e. The number of hydrogen-bond donors (Lipinski definition) is 2. The summed E-state index contributed by atoms with van der Waals surface area (Å²) < 4.78 is 10.8. The standard InChI is InChI=1S/C24H29N3O4S/c1-13-14(2)32-23-20(13)22(25-12-15-5-10-18(30-3)19(11-15)31-4)26-21(27-23)16-6-8-17(9-7-16)24(28)29/h5,10-11,16-17H,6-9,12H2,1-4H3,(H,28,29)(H,25,26,27). The number of methoxy groups -OCH3 is 2. The van der Waals surface area contributed by atoms with Gasteiger partial charge in [0, 0.05) is 17.3 Å². The number of carboxylic acids is 1. The number of carbonyl (C=O) groups is 1. The summed E-state index contributed by atoms with van der Waals surface area (Å²) in [5.41, 5.74) is 2.25. The normalized spacial score (nSPS) is 18.5. The molecule has 4 rings (SSSR count). The van der Waals surface area contributed by atoms with Gasteiger partial charge in [0.15, 0.2) is 11.5 Å². The van der Waals surface area contributed by atoms with Crippen molar-refractivity contribution in [2.75, 3.05) is 19.5 Å². The highest BCUT2D eigenvalue weighted by Gasteiger charge is 2.29.